The van der Waals surface area contributed by atoms with Crippen LogP contribution in [0, 0.1) is 0 Å². The molecule has 0 rings (SSSR count). The Bertz CT molecular complexity index is 218. The van der Waals surface area contributed by atoms with E-state index in [4.69, 9.17) is 10.2 Å². The van der Waals surface area contributed by atoms with E-state index in [0.717, 1.165) is 12.8 Å². The summed E-state index contributed by atoms with van der Waals surface area (Å²) in [5.74, 6) is 0. The van der Waals surface area contributed by atoms with E-state index < -0.39 is 31.1 Å². The molecule has 20 heavy (non-hydrogen) atoms. The van der Waals surface area contributed by atoms with Crippen LogP contribution < -0.4 is 5.32 Å². The monoisotopic (exact) mass is 293 g/mol. The highest BCUT2D eigenvalue weighted by molar-refractivity contribution is 4.76. The van der Waals surface area contributed by atoms with Crippen LogP contribution in [-0.4, -0.2) is 63.2 Å². The summed E-state index contributed by atoms with van der Waals surface area (Å²) in [5, 5.41) is 49.3. The third-order valence-electron chi connectivity index (χ3n) is 3.35. The Morgan fingerprint density at radius 3 is 2.05 bits per heavy atom. The normalized spacial score (nSPS) is 17.7. The van der Waals surface area contributed by atoms with Crippen molar-refractivity contribution in [1.29, 1.82) is 0 Å². The first-order valence-electron chi connectivity index (χ1n) is 7.59. The highest BCUT2D eigenvalue weighted by Gasteiger charge is 2.25. The van der Waals surface area contributed by atoms with E-state index in [2.05, 4.69) is 12.2 Å². The van der Waals surface area contributed by atoms with Gasteiger partial charge in [0.2, 0.25) is 0 Å². The van der Waals surface area contributed by atoms with E-state index in [1.807, 2.05) is 0 Å². The summed E-state index contributed by atoms with van der Waals surface area (Å²) in [6.07, 6.45) is 1.83. The molecule has 0 aromatic heterocycles. The van der Waals surface area contributed by atoms with Gasteiger partial charge in [0, 0.05) is 6.42 Å². The van der Waals surface area contributed by atoms with Gasteiger partial charge in [-0.1, -0.05) is 39.0 Å². The van der Waals surface area contributed by atoms with E-state index in [1.165, 1.54) is 25.7 Å². The second-order valence-corrected chi connectivity index (χ2v) is 5.28. The number of hydrogen-bond acceptors (Lipinski definition) is 6. The molecule has 6 heteroatoms. The fourth-order valence-electron chi connectivity index (χ4n) is 1.99. The predicted octanol–water partition coefficient (Wildman–Crippen LogP) is -0.280. The van der Waals surface area contributed by atoms with E-state index in [1.54, 1.807) is 0 Å². The third-order valence-corrected chi connectivity index (χ3v) is 3.35. The van der Waals surface area contributed by atoms with Gasteiger partial charge in [-0.15, -0.1) is 0 Å². The Kier molecular flexibility index (Phi) is 12.3. The molecule has 0 bridgehead atoms. The summed E-state index contributed by atoms with van der Waals surface area (Å²) in [6, 6.07) is 0. The van der Waals surface area contributed by atoms with Crippen LogP contribution in [0.4, 0.5) is 0 Å². The van der Waals surface area contributed by atoms with Crippen LogP contribution in [0.2, 0.25) is 0 Å². The Labute approximate surface area is 121 Å². The Morgan fingerprint density at radius 1 is 0.850 bits per heavy atom. The minimum atomic E-state index is -1.45. The zero-order chi connectivity index (χ0) is 15.4. The number of nitrogens with one attached hydrogen (secondary N) is 1. The van der Waals surface area contributed by atoms with E-state index in [0.29, 0.717) is 6.54 Å². The van der Waals surface area contributed by atoms with E-state index in [9.17, 15) is 15.3 Å². The van der Waals surface area contributed by atoms with Crippen LogP contribution in [0.5, 0.6) is 0 Å². The van der Waals surface area contributed by atoms with Gasteiger partial charge < -0.3 is 25.5 Å². The first-order chi connectivity index (χ1) is 9.52. The average molecular weight is 293 g/mol. The fourth-order valence-corrected chi connectivity index (χ4v) is 1.99. The van der Waals surface area contributed by atoms with Crippen LogP contribution in [0.1, 0.15) is 51.9 Å². The minimum Gasteiger partial charge on any atom is -0.394 e. The lowest BCUT2D eigenvalue weighted by Gasteiger charge is -2.23. The lowest BCUT2D eigenvalue weighted by Crippen LogP contribution is -2.43. The van der Waals surface area contributed by atoms with Crippen molar-refractivity contribution < 1.29 is 25.5 Å². The van der Waals surface area contributed by atoms with E-state index in [-0.39, 0.29) is 6.42 Å². The predicted molar refractivity (Wildman–Crippen MR) is 77.1 cm³/mol. The third kappa shape index (κ3) is 9.63. The molecule has 0 aromatic carbocycles. The molecule has 122 valence electrons. The van der Waals surface area contributed by atoms with E-state index >= 15 is 0 Å². The molecule has 0 fully saturated rings. The highest BCUT2D eigenvalue weighted by Crippen LogP contribution is 2.07. The molecule has 0 aromatic rings. The van der Waals surface area contributed by atoms with Crippen molar-refractivity contribution in [2.75, 3.05) is 13.2 Å². The van der Waals surface area contributed by atoms with Crippen molar-refractivity contribution >= 4 is 0 Å². The van der Waals surface area contributed by atoms with Crippen molar-refractivity contribution in [3.05, 3.63) is 0 Å². The number of aliphatic hydroxyl groups is 5. The molecule has 0 heterocycles. The quantitative estimate of drug-likeness (QED) is 0.206. The second-order valence-electron chi connectivity index (χ2n) is 5.28. The summed E-state index contributed by atoms with van der Waals surface area (Å²) in [7, 11) is 0. The summed E-state index contributed by atoms with van der Waals surface area (Å²) in [4.78, 5) is 0. The highest BCUT2D eigenvalue weighted by atomic mass is 16.4. The number of rotatable bonds is 13. The molecule has 0 aliphatic heterocycles. The lowest BCUT2D eigenvalue weighted by atomic mass is 10.0. The maximum Gasteiger partial charge on any atom is 0.108 e. The molecular formula is C14H31NO5. The molecule has 4 atom stereocenters. The smallest absolute Gasteiger partial charge is 0.108 e. The average Bonchev–Trinajstić information content (AvgIpc) is 2.44. The number of hydrogen-bond donors (Lipinski definition) is 6. The molecule has 6 N–H and O–H groups in total. The molecule has 0 aliphatic rings. The summed E-state index contributed by atoms with van der Waals surface area (Å²) >= 11 is 0. The Hall–Kier alpha value is -0.240. The van der Waals surface area contributed by atoms with Gasteiger partial charge in [-0.25, -0.2) is 0 Å². The standard InChI is InChI=1S/C14H31NO5/c1-2-3-4-5-6-7-8-15-13(19)9-11(17)14(20)12(18)10-16/h11-20H,2-10H2,1H3/t11-,12-,13?,14+/m1/s1. The molecule has 0 saturated carbocycles. The van der Waals surface area contributed by atoms with Crippen LogP contribution in [0.15, 0.2) is 0 Å². The second kappa shape index (κ2) is 12.5. The van der Waals surface area contributed by atoms with Crippen LogP contribution in [0.25, 0.3) is 0 Å². The zero-order valence-electron chi connectivity index (χ0n) is 12.4. The maximum atomic E-state index is 9.64. The van der Waals surface area contributed by atoms with Crippen molar-refractivity contribution in [2.45, 2.75) is 76.4 Å². The van der Waals surface area contributed by atoms with Crippen molar-refractivity contribution in [2.24, 2.45) is 0 Å². The van der Waals surface area contributed by atoms with Gasteiger partial charge in [0.25, 0.3) is 0 Å². The fraction of sp³-hybridized carbons (Fsp3) is 1.00. The van der Waals surface area contributed by atoms with Gasteiger partial charge in [-0.05, 0) is 13.0 Å². The molecule has 0 spiro atoms. The summed E-state index contributed by atoms with van der Waals surface area (Å²) in [5.41, 5.74) is 0. The number of aliphatic hydroxyl groups excluding tert-OH is 5. The van der Waals surface area contributed by atoms with Crippen LogP contribution in [0.3, 0.4) is 0 Å². The summed E-state index contributed by atoms with van der Waals surface area (Å²) < 4.78 is 0. The van der Waals surface area contributed by atoms with Crippen LogP contribution >= 0.6 is 0 Å². The molecule has 0 amide bonds. The zero-order valence-corrected chi connectivity index (χ0v) is 12.4. The number of unbranched alkanes of at least 4 members (excludes halogenated alkanes) is 5. The van der Waals surface area contributed by atoms with Gasteiger partial charge in [-0.3, -0.25) is 5.32 Å². The van der Waals surface area contributed by atoms with Gasteiger partial charge in [0.15, 0.2) is 0 Å². The van der Waals surface area contributed by atoms with Gasteiger partial charge >= 0.3 is 0 Å². The topological polar surface area (TPSA) is 113 Å². The molecule has 1 unspecified atom stereocenters. The molecular weight excluding hydrogens is 262 g/mol. The van der Waals surface area contributed by atoms with Gasteiger partial charge in [0.1, 0.15) is 18.4 Å². The summed E-state index contributed by atoms with van der Waals surface area (Å²) in [6.45, 7) is 2.20. The van der Waals surface area contributed by atoms with Crippen molar-refractivity contribution in [1.82, 2.24) is 5.32 Å². The minimum absolute atomic E-state index is 0.0892. The van der Waals surface area contributed by atoms with Crippen molar-refractivity contribution in [3.8, 4) is 0 Å². The first-order valence-corrected chi connectivity index (χ1v) is 7.59. The maximum absolute atomic E-state index is 9.64. The van der Waals surface area contributed by atoms with Gasteiger partial charge in [-0.2, -0.15) is 0 Å². The lowest BCUT2D eigenvalue weighted by molar-refractivity contribution is -0.0899. The molecule has 0 radical (unpaired) electrons. The van der Waals surface area contributed by atoms with Gasteiger partial charge in [0.05, 0.1) is 12.7 Å². The molecule has 0 aliphatic carbocycles. The Balaban J connectivity index is 3.59. The van der Waals surface area contributed by atoms with Crippen LogP contribution in [-0.2, 0) is 0 Å². The van der Waals surface area contributed by atoms with Crippen molar-refractivity contribution in [3.63, 3.8) is 0 Å². The largest absolute Gasteiger partial charge is 0.394 e. The molecule has 0 saturated heterocycles. The Morgan fingerprint density at radius 2 is 1.45 bits per heavy atom. The SMILES string of the molecule is CCCCCCCCNC(O)C[C@@H](O)[C@H](O)[C@H](O)CO. The first kappa shape index (κ1) is 19.8. The molecule has 6 nitrogen and oxygen atoms in total.